The van der Waals surface area contributed by atoms with E-state index in [2.05, 4.69) is 13.8 Å². The fourth-order valence-electron chi connectivity index (χ4n) is 3.08. The van der Waals surface area contributed by atoms with Crippen LogP contribution in [0.4, 0.5) is 4.79 Å². The lowest BCUT2D eigenvalue weighted by molar-refractivity contribution is -0.0651. The van der Waals surface area contributed by atoms with Crippen LogP contribution in [-0.4, -0.2) is 46.7 Å². The molecule has 1 fully saturated rings. The average Bonchev–Trinajstić information content (AvgIpc) is 2.61. The van der Waals surface area contributed by atoms with Crippen molar-refractivity contribution in [2.75, 3.05) is 13.2 Å². The van der Waals surface area contributed by atoms with Gasteiger partial charge >= 0.3 is 6.09 Å². The monoisotopic (exact) mass is 315 g/mol. The topological polar surface area (TPSA) is 59.0 Å². The molecule has 1 saturated heterocycles. The van der Waals surface area contributed by atoms with Crippen molar-refractivity contribution in [2.45, 2.75) is 78.7 Å². The maximum absolute atomic E-state index is 12.6. The third-order valence-corrected chi connectivity index (χ3v) is 3.93. The van der Waals surface area contributed by atoms with E-state index in [1.807, 2.05) is 34.6 Å². The van der Waals surface area contributed by atoms with E-state index in [9.17, 15) is 9.90 Å². The summed E-state index contributed by atoms with van der Waals surface area (Å²) in [6.07, 6.45) is 1.28. The molecule has 0 spiro atoms. The van der Waals surface area contributed by atoms with E-state index in [1.165, 1.54) is 0 Å². The Labute approximate surface area is 135 Å². The van der Waals surface area contributed by atoms with Gasteiger partial charge in [0.2, 0.25) is 0 Å². The predicted octanol–water partition coefficient (Wildman–Crippen LogP) is 3.40. The Morgan fingerprint density at radius 3 is 2.45 bits per heavy atom. The fourth-order valence-corrected chi connectivity index (χ4v) is 3.08. The Bertz CT molecular complexity index is 373. The zero-order valence-corrected chi connectivity index (χ0v) is 15.2. The summed E-state index contributed by atoms with van der Waals surface area (Å²) in [6, 6.07) is -0.0561. The Morgan fingerprint density at radius 1 is 1.41 bits per heavy atom. The van der Waals surface area contributed by atoms with Crippen molar-refractivity contribution >= 4 is 6.09 Å². The highest BCUT2D eigenvalue weighted by atomic mass is 16.6. The van der Waals surface area contributed by atoms with Crippen LogP contribution >= 0.6 is 0 Å². The molecule has 5 heteroatoms. The molecule has 1 rings (SSSR count). The molecule has 130 valence electrons. The zero-order chi connectivity index (χ0) is 17.1. The number of hydrogen-bond acceptors (Lipinski definition) is 4. The quantitative estimate of drug-likeness (QED) is 0.844. The van der Waals surface area contributed by atoms with Crippen LogP contribution in [0.2, 0.25) is 0 Å². The second-order valence-electron chi connectivity index (χ2n) is 8.08. The minimum Gasteiger partial charge on any atom is -0.444 e. The number of nitrogens with zero attached hydrogens (tertiary/aromatic N) is 1. The molecule has 0 radical (unpaired) electrons. The minimum absolute atomic E-state index is 0.0561. The number of hydrogen-bond donors (Lipinski definition) is 1. The third-order valence-electron chi connectivity index (χ3n) is 3.93. The SMILES string of the molecule is CC(C)C[C@H](CCO)[C@@H]1COC(C)(C)N1C(=O)OC(C)(C)C. The number of carbonyl (C=O) groups is 1. The van der Waals surface area contributed by atoms with Crippen LogP contribution in [0, 0.1) is 11.8 Å². The van der Waals surface area contributed by atoms with Crippen LogP contribution in [0.5, 0.6) is 0 Å². The van der Waals surface area contributed by atoms with Crippen molar-refractivity contribution in [3.05, 3.63) is 0 Å². The summed E-state index contributed by atoms with van der Waals surface area (Å²) >= 11 is 0. The van der Waals surface area contributed by atoms with E-state index in [4.69, 9.17) is 9.47 Å². The van der Waals surface area contributed by atoms with E-state index in [-0.39, 0.29) is 24.7 Å². The summed E-state index contributed by atoms with van der Waals surface area (Å²) in [4.78, 5) is 14.4. The molecule has 0 aromatic carbocycles. The highest BCUT2D eigenvalue weighted by molar-refractivity contribution is 5.69. The Kier molecular flexibility index (Phi) is 6.27. The smallest absolute Gasteiger partial charge is 0.412 e. The largest absolute Gasteiger partial charge is 0.444 e. The van der Waals surface area contributed by atoms with Gasteiger partial charge in [0.1, 0.15) is 11.3 Å². The molecular formula is C17H33NO4. The van der Waals surface area contributed by atoms with E-state index < -0.39 is 11.3 Å². The second-order valence-corrected chi connectivity index (χ2v) is 8.08. The first-order valence-electron chi connectivity index (χ1n) is 8.25. The van der Waals surface area contributed by atoms with Gasteiger partial charge in [-0.1, -0.05) is 13.8 Å². The molecule has 1 amide bonds. The molecule has 2 atom stereocenters. The van der Waals surface area contributed by atoms with Crippen LogP contribution in [0.15, 0.2) is 0 Å². The molecule has 0 unspecified atom stereocenters. The van der Waals surface area contributed by atoms with Gasteiger partial charge in [0.25, 0.3) is 0 Å². The minimum atomic E-state index is -0.683. The molecule has 0 saturated carbocycles. The molecule has 1 heterocycles. The van der Waals surface area contributed by atoms with Crippen molar-refractivity contribution in [2.24, 2.45) is 11.8 Å². The van der Waals surface area contributed by atoms with Crippen molar-refractivity contribution < 1.29 is 19.4 Å². The first-order valence-corrected chi connectivity index (χ1v) is 8.25. The molecule has 22 heavy (non-hydrogen) atoms. The fraction of sp³-hybridized carbons (Fsp3) is 0.941. The molecule has 0 aromatic heterocycles. The van der Waals surface area contributed by atoms with Crippen LogP contribution in [0.25, 0.3) is 0 Å². The normalized spacial score (nSPS) is 23.0. The number of aliphatic hydroxyl groups is 1. The van der Waals surface area contributed by atoms with E-state index >= 15 is 0 Å². The van der Waals surface area contributed by atoms with Gasteiger partial charge in [-0.05, 0) is 59.3 Å². The second kappa shape index (κ2) is 7.18. The highest BCUT2D eigenvalue weighted by Crippen LogP contribution is 2.36. The van der Waals surface area contributed by atoms with Crippen molar-refractivity contribution in [1.82, 2.24) is 4.90 Å². The Morgan fingerprint density at radius 2 is 2.00 bits per heavy atom. The predicted molar refractivity (Wildman–Crippen MR) is 86.5 cm³/mol. The lowest BCUT2D eigenvalue weighted by Crippen LogP contribution is -2.52. The van der Waals surface area contributed by atoms with Crippen LogP contribution in [0.3, 0.4) is 0 Å². The van der Waals surface area contributed by atoms with Gasteiger partial charge in [-0.2, -0.15) is 0 Å². The Balaban J connectivity index is 2.98. The highest BCUT2D eigenvalue weighted by Gasteiger charge is 2.48. The van der Waals surface area contributed by atoms with E-state index in [1.54, 1.807) is 4.90 Å². The molecule has 5 nitrogen and oxygen atoms in total. The van der Waals surface area contributed by atoms with E-state index in [0.717, 1.165) is 6.42 Å². The van der Waals surface area contributed by atoms with Crippen molar-refractivity contribution in [1.29, 1.82) is 0 Å². The van der Waals surface area contributed by atoms with Gasteiger partial charge in [-0.25, -0.2) is 4.79 Å². The number of aliphatic hydroxyl groups excluding tert-OH is 1. The number of rotatable bonds is 5. The molecule has 0 aliphatic carbocycles. The first-order chi connectivity index (χ1) is 9.98. The van der Waals surface area contributed by atoms with Gasteiger partial charge in [0, 0.05) is 6.61 Å². The summed E-state index contributed by atoms with van der Waals surface area (Å²) in [5.74, 6) is 0.708. The zero-order valence-electron chi connectivity index (χ0n) is 15.2. The van der Waals surface area contributed by atoms with Crippen LogP contribution in [0.1, 0.15) is 61.3 Å². The lowest BCUT2D eigenvalue weighted by atomic mass is 9.87. The van der Waals surface area contributed by atoms with Gasteiger partial charge in [0.05, 0.1) is 12.6 Å². The maximum atomic E-state index is 12.6. The van der Waals surface area contributed by atoms with Crippen molar-refractivity contribution in [3.8, 4) is 0 Å². The molecular weight excluding hydrogens is 282 g/mol. The van der Waals surface area contributed by atoms with E-state index in [0.29, 0.717) is 18.9 Å². The van der Waals surface area contributed by atoms with Crippen molar-refractivity contribution in [3.63, 3.8) is 0 Å². The van der Waals surface area contributed by atoms with Gasteiger partial charge < -0.3 is 14.6 Å². The standard InChI is InChI=1S/C17H33NO4/c1-12(2)10-13(8-9-19)14-11-21-17(6,7)18(14)15(20)22-16(3,4)5/h12-14,19H,8-11H2,1-7H3/t13-,14-/m0/s1. The summed E-state index contributed by atoms with van der Waals surface area (Å²) in [7, 11) is 0. The lowest BCUT2D eigenvalue weighted by Gasteiger charge is -2.38. The maximum Gasteiger partial charge on any atom is 0.412 e. The first kappa shape index (κ1) is 19.2. The van der Waals surface area contributed by atoms with Crippen LogP contribution in [-0.2, 0) is 9.47 Å². The third kappa shape index (κ3) is 5.13. The average molecular weight is 315 g/mol. The van der Waals surface area contributed by atoms with Gasteiger partial charge in [-0.3, -0.25) is 4.90 Å². The number of carbonyl (C=O) groups excluding carboxylic acids is 1. The molecule has 1 aliphatic rings. The number of amides is 1. The summed E-state index contributed by atoms with van der Waals surface area (Å²) in [5.41, 5.74) is -1.22. The molecule has 0 bridgehead atoms. The summed E-state index contributed by atoms with van der Waals surface area (Å²) in [5, 5.41) is 9.38. The summed E-state index contributed by atoms with van der Waals surface area (Å²) < 4.78 is 11.4. The molecule has 0 aromatic rings. The Hall–Kier alpha value is -0.810. The van der Waals surface area contributed by atoms with Crippen LogP contribution < -0.4 is 0 Å². The van der Waals surface area contributed by atoms with Gasteiger partial charge in [0.15, 0.2) is 0 Å². The van der Waals surface area contributed by atoms with Gasteiger partial charge in [-0.15, -0.1) is 0 Å². The molecule has 1 aliphatic heterocycles. The summed E-state index contributed by atoms with van der Waals surface area (Å²) in [6.45, 7) is 14.3. The number of ether oxygens (including phenoxy) is 2. The molecule has 1 N–H and O–H groups in total.